The van der Waals surface area contributed by atoms with Gasteiger partial charge in [0.05, 0.1) is 0 Å². The number of rotatable bonds is 8. The van der Waals surface area contributed by atoms with Gasteiger partial charge in [-0.1, -0.05) is 31.5 Å². The minimum absolute atomic E-state index is 0.0654. The Morgan fingerprint density at radius 3 is 2.44 bits per heavy atom. The number of hydrogen-bond donors (Lipinski definition) is 2. The van der Waals surface area contributed by atoms with Crippen molar-refractivity contribution in [3.8, 4) is 5.75 Å². The quantitative estimate of drug-likeness (QED) is 0.722. The summed E-state index contributed by atoms with van der Waals surface area (Å²) in [5.74, 6) is 0.342. The Bertz CT molecular complexity index is 711. The van der Waals surface area contributed by atoms with Gasteiger partial charge >= 0.3 is 0 Å². The second kappa shape index (κ2) is 9.47. The summed E-state index contributed by atoms with van der Waals surface area (Å²) in [6.07, 6.45) is 2.00. The molecule has 2 amide bonds. The fourth-order valence-corrected chi connectivity index (χ4v) is 2.24. The average Bonchev–Trinajstić information content (AvgIpc) is 2.62. The van der Waals surface area contributed by atoms with E-state index in [1.165, 1.54) is 0 Å². The van der Waals surface area contributed by atoms with E-state index in [0.717, 1.165) is 18.4 Å². The molecule has 132 valence electrons. The number of nitrogens with one attached hydrogen (secondary N) is 2. The molecule has 0 radical (unpaired) electrons. The van der Waals surface area contributed by atoms with E-state index in [0.29, 0.717) is 23.5 Å². The molecule has 0 saturated carbocycles. The van der Waals surface area contributed by atoms with Crippen LogP contribution in [-0.2, 0) is 4.79 Å². The summed E-state index contributed by atoms with van der Waals surface area (Å²) in [4.78, 5) is 23.9. The predicted molar refractivity (Wildman–Crippen MR) is 99.0 cm³/mol. The van der Waals surface area contributed by atoms with E-state index in [1.54, 1.807) is 24.3 Å². The number of aryl methyl sites for hydroxylation is 1. The summed E-state index contributed by atoms with van der Waals surface area (Å²) in [5, 5.41) is 5.61. The molecule has 25 heavy (non-hydrogen) atoms. The van der Waals surface area contributed by atoms with Gasteiger partial charge < -0.3 is 15.4 Å². The molecule has 0 unspecified atom stereocenters. The fourth-order valence-electron chi connectivity index (χ4n) is 2.24. The zero-order valence-corrected chi connectivity index (χ0v) is 14.7. The number of benzene rings is 2. The van der Waals surface area contributed by atoms with Crippen LogP contribution in [0.5, 0.6) is 5.75 Å². The van der Waals surface area contributed by atoms with Crippen LogP contribution in [0.1, 0.15) is 35.7 Å². The van der Waals surface area contributed by atoms with Gasteiger partial charge in [0.2, 0.25) is 0 Å². The van der Waals surface area contributed by atoms with Gasteiger partial charge in [-0.3, -0.25) is 9.59 Å². The highest BCUT2D eigenvalue weighted by molar-refractivity contribution is 5.96. The third kappa shape index (κ3) is 5.95. The van der Waals surface area contributed by atoms with Gasteiger partial charge in [0.1, 0.15) is 5.75 Å². The van der Waals surface area contributed by atoms with Crippen molar-refractivity contribution in [2.75, 3.05) is 18.5 Å². The molecule has 5 nitrogen and oxygen atoms in total. The Labute approximate surface area is 148 Å². The van der Waals surface area contributed by atoms with Gasteiger partial charge in [0.15, 0.2) is 6.61 Å². The third-order valence-corrected chi connectivity index (χ3v) is 3.70. The van der Waals surface area contributed by atoms with Gasteiger partial charge in [-0.25, -0.2) is 0 Å². The molecule has 0 aliphatic carbocycles. The Morgan fingerprint density at radius 1 is 1.04 bits per heavy atom. The molecule has 0 aromatic heterocycles. The lowest BCUT2D eigenvalue weighted by Crippen LogP contribution is -2.24. The summed E-state index contributed by atoms with van der Waals surface area (Å²) in [6.45, 7) is 4.61. The fraction of sp³-hybridized carbons (Fsp3) is 0.300. The number of carbonyl (C=O) groups is 2. The first-order valence-electron chi connectivity index (χ1n) is 8.46. The molecule has 0 aliphatic heterocycles. The molecule has 2 aromatic carbocycles. The lowest BCUT2D eigenvalue weighted by atomic mass is 10.2. The van der Waals surface area contributed by atoms with Crippen LogP contribution in [0, 0.1) is 6.92 Å². The maximum atomic E-state index is 12.0. The van der Waals surface area contributed by atoms with Crippen LogP contribution in [0.4, 0.5) is 5.69 Å². The first-order chi connectivity index (χ1) is 12.1. The number of carbonyl (C=O) groups excluding carboxylic acids is 2. The standard InChI is InChI=1S/C20H24N2O3/c1-3-4-13-21-20(24)16-9-11-17(12-10-16)22-19(23)14-25-18-8-6-5-7-15(18)2/h5-12H,3-4,13-14H2,1-2H3,(H,21,24)(H,22,23). The summed E-state index contributed by atoms with van der Waals surface area (Å²) in [7, 11) is 0. The Hall–Kier alpha value is -2.82. The number of hydrogen-bond acceptors (Lipinski definition) is 3. The lowest BCUT2D eigenvalue weighted by Gasteiger charge is -2.10. The van der Waals surface area contributed by atoms with Crippen LogP contribution >= 0.6 is 0 Å². The third-order valence-electron chi connectivity index (χ3n) is 3.70. The van der Waals surface area contributed by atoms with Gasteiger partial charge in [-0.15, -0.1) is 0 Å². The van der Waals surface area contributed by atoms with Crippen molar-refractivity contribution >= 4 is 17.5 Å². The number of anilines is 1. The zero-order chi connectivity index (χ0) is 18.1. The second-order valence-corrected chi connectivity index (χ2v) is 5.79. The van der Waals surface area contributed by atoms with E-state index in [-0.39, 0.29) is 18.4 Å². The molecule has 0 aliphatic rings. The maximum Gasteiger partial charge on any atom is 0.262 e. The van der Waals surface area contributed by atoms with Crippen LogP contribution in [0.3, 0.4) is 0 Å². The summed E-state index contributed by atoms with van der Waals surface area (Å²) < 4.78 is 5.51. The Kier molecular flexibility index (Phi) is 7.01. The molecule has 2 N–H and O–H groups in total. The maximum absolute atomic E-state index is 12.0. The number of amides is 2. The first kappa shape index (κ1) is 18.5. The minimum Gasteiger partial charge on any atom is -0.483 e. The van der Waals surface area contributed by atoms with Crippen molar-refractivity contribution in [2.45, 2.75) is 26.7 Å². The van der Waals surface area contributed by atoms with Gasteiger partial charge in [0, 0.05) is 17.8 Å². The zero-order valence-electron chi connectivity index (χ0n) is 14.7. The summed E-state index contributed by atoms with van der Waals surface area (Å²) in [6, 6.07) is 14.3. The van der Waals surface area contributed by atoms with E-state index >= 15 is 0 Å². The van der Waals surface area contributed by atoms with Crippen LogP contribution in [-0.4, -0.2) is 25.0 Å². The van der Waals surface area contributed by atoms with Crippen LogP contribution in [0.25, 0.3) is 0 Å². The van der Waals surface area contributed by atoms with Crippen molar-refractivity contribution in [1.29, 1.82) is 0 Å². The summed E-state index contributed by atoms with van der Waals surface area (Å²) >= 11 is 0. The lowest BCUT2D eigenvalue weighted by molar-refractivity contribution is -0.118. The summed E-state index contributed by atoms with van der Waals surface area (Å²) in [5.41, 5.74) is 2.18. The number of ether oxygens (including phenoxy) is 1. The molecule has 2 rings (SSSR count). The van der Waals surface area contributed by atoms with Crippen molar-refractivity contribution in [2.24, 2.45) is 0 Å². The largest absolute Gasteiger partial charge is 0.483 e. The molecular formula is C20H24N2O3. The van der Waals surface area contributed by atoms with Crippen molar-refractivity contribution in [1.82, 2.24) is 5.32 Å². The molecule has 2 aromatic rings. The predicted octanol–water partition coefficient (Wildman–Crippen LogP) is 3.54. The van der Waals surface area contributed by atoms with E-state index in [2.05, 4.69) is 17.6 Å². The Balaban J connectivity index is 1.83. The molecule has 0 saturated heterocycles. The molecule has 0 heterocycles. The monoisotopic (exact) mass is 340 g/mol. The van der Waals surface area contributed by atoms with Gasteiger partial charge in [-0.05, 0) is 49.2 Å². The highest BCUT2D eigenvalue weighted by Gasteiger charge is 2.07. The molecular weight excluding hydrogens is 316 g/mol. The molecule has 0 fully saturated rings. The topological polar surface area (TPSA) is 67.4 Å². The highest BCUT2D eigenvalue weighted by Crippen LogP contribution is 2.16. The average molecular weight is 340 g/mol. The van der Waals surface area contributed by atoms with E-state index in [1.807, 2.05) is 31.2 Å². The van der Waals surface area contributed by atoms with Gasteiger partial charge in [0.25, 0.3) is 11.8 Å². The number of unbranched alkanes of at least 4 members (excludes halogenated alkanes) is 1. The van der Waals surface area contributed by atoms with Gasteiger partial charge in [-0.2, -0.15) is 0 Å². The molecule has 0 bridgehead atoms. The molecule has 0 spiro atoms. The molecule has 5 heteroatoms. The van der Waals surface area contributed by atoms with E-state index < -0.39 is 0 Å². The van der Waals surface area contributed by atoms with Crippen molar-refractivity contribution < 1.29 is 14.3 Å². The van der Waals surface area contributed by atoms with Crippen LogP contribution in [0.15, 0.2) is 48.5 Å². The van der Waals surface area contributed by atoms with Crippen molar-refractivity contribution in [3.63, 3.8) is 0 Å². The first-order valence-corrected chi connectivity index (χ1v) is 8.46. The SMILES string of the molecule is CCCCNC(=O)c1ccc(NC(=O)COc2ccccc2C)cc1. The van der Waals surface area contributed by atoms with Crippen molar-refractivity contribution in [3.05, 3.63) is 59.7 Å². The Morgan fingerprint density at radius 2 is 1.76 bits per heavy atom. The number of para-hydroxylation sites is 1. The second-order valence-electron chi connectivity index (χ2n) is 5.79. The van der Waals surface area contributed by atoms with E-state index in [9.17, 15) is 9.59 Å². The normalized spacial score (nSPS) is 10.2. The van der Waals surface area contributed by atoms with Crippen LogP contribution in [0.2, 0.25) is 0 Å². The van der Waals surface area contributed by atoms with Crippen LogP contribution < -0.4 is 15.4 Å². The minimum atomic E-state index is -0.247. The highest BCUT2D eigenvalue weighted by atomic mass is 16.5. The smallest absolute Gasteiger partial charge is 0.262 e. The molecule has 0 atom stereocenters. The van der Waals surface area contributed by atoms with E-state index in [4.69, 9.17) is 4.74 Å².